The predicted octanol–water partition coefficient (Wildman–Crippen LogP) is -0.195. The Morgan fingerprint density at radius 2 is 1.82 bits per heavy atom. The molecule has 11 heavy (non-hydrogen) atoms. The van der Waals surface area contributed by atoms with Gasteiger partial charge < -0.3 is 16.8 Å². The third kappa shape index (κ3) is 3.18. The fraction of sp³-hybridized carbons (Fsp3) is 1.00. The van der Waals surface area contributed by atoms with Crippen LogP contribution >= 0.6 is 0 Å². The molecule has 1 aliphatic rings. The number of hydrogen-bond donors (Lipinski definition) is 3. The molecule has 0 spiro atoms. The molecular formula is C8H19N3. The Kier molecular flexibility index (Phi) is 3.83. The van der Waals surface area contributed by atoms with Crippen molar-refractivity contribution in [2.45, 2.75) is 37.8 Å². The van der Waals surface area contributed by atoms with Gasteiger partial charge in [-0.15, -0.1) is 0 Å². The van der Waals surface area contributed by atoms with Crippen molar-refractivity contribution in [3.8, 4) is 0 Å². The second-order valence-electron chi connectivity index (χ2n) is 3.35. The number of nitrogens with one attached hydrogen (secondary N) is 1. The number of nitrogens with two attached hydrogens (primary N) is 2. The Hall–Kier alpha value is -0.120. The maximum absolute atomic E-state index is 5.77. The monoisotopic (exact) mass is 157 g/mol. The van der Waals surface area contributed by atoms with E-state index < -0.39 is 0 Å². The summed E-state index contributed by atoms with van der Waals surface area (Å²) in [6.45, 7) is 1.68. The lowest BCUT2D eigenvalue weighted by molar-refractivity contribution is 0.346. The molecule has 0 atom stereocenters. The van der Waals surface area contributed by atoms with E-state index in [-0.39, 0.29) is 0 Å². The average Bonchev–Trinajstić information content (AvgIpc) is 2.04. The van der Waals surface area contributed by atoms with Crippen molar-refractivity contribution < 1.29 is 0 Å². The van der Waals surface area contributed by atoms with Gasteiger partial charge >= 0.3 is 0 Å². The van der Waals surface area contributed by atoms with Crippen LogP contribution in [0, 0.1) is 0 Å². The zero-order chi connectivity index (χ0) is 8.10. The van der Waals surface area contributed by atoms with Crippen LogP contribution < -0.4 is 16.8 Å². The van der Waals surface area contributed by atoms with E-state index in [4.69, 9.17) is 11.5 Å². The standard InChI is InChI=1S/C8H19N3/c9-5-6-11-8-3-1-7(10)2-4-8/h7-8,11H,1-6,9-10H2. The first-order valence-corrected chi connectivity index (χ1v) is 4.52. The molecule has 1 fully saturated rings. The highest BCUT2D eigenvalue weighted by Crippen LogP contribution is 2.16. The van der Waals surface area contributed by atoms with Crippen LogP contribution in [0.4, 0.5) is 0 Å². The second kappa shape index (κ2) is 4.70. The van der Waals surface area contributed by atoms with Crippen LogP contribution in [0.25, 0.3) is 0 Å². The molecule has 1 rings (SSSR count). The molecule has 0 aromatic carbocycles. The molecule has 3 nitrogen and oxygen atoms in total. The van der Waals surface area contributed by atoms with E-state index in [1.165, 1.54) is 25.7 Å². The summed E-state index contributed by atoms with van der Waals surface area (Å²) in [5, 5.41) is 3.41. The highest BCUT2D eigenvalue weighted by Gasteiger charge is 2.16. The van der Waals surface area contributed by atoms with Crippen molar-refractivity contribution in [2.75, 3.05) is 13.1 Å². The fourth-order valence-corrected chi connectivity index (χ4v) is 1.61. The molecule has 1 saturated carbocycles. The summed E-state index contributed by atoms with van der Waals surface area (Å²) in [6.07, 6.45) is 4.78. The van der Waals surface area contributed by atoms with Gasteiger partial charge in [0.25, 0.3) is 0 Å². The molecular weight excluding hydrogens is 138 g/mol. The smallest absolute Gasteiger partial charge is 0.00770 e. The molecule has 66 valence electrons. The number of rotatable bonds is 3. The summed E-state index contributed by atoms with van der Waals surface area (Å²) in [5.74, 6) is 0. The van der Waals surface area contributed by atoms with Crippen LogP contribution in [0.5, 0.6) is 0 Å². The quantitative estimate of drug-likeness (QED) is 0.532. The zero-order valence-corrected chi connectivity index (χ0v) is 7.05. The fourth-order valence-electron chi connectivity index (χ4n) is 1.61. The lowest BCUT2D eigenvalue weighted by Crippen LogP contribution is -2.39. The molecule has 0 bridgehead atoms. The van der Waals surface area contributed by atoms with Crippen LogP contribution in [0.2, 0.25) is 0 Å². The first-order chi connectivity index (χ1) is 5.33. The van der Waals surface area contributed by atoms with Gasteiger partial charge in [0.2, 0.25) is 0 Å². The minimum absolute atomic E-state index is 0.450. The largest absolute Gasteiger partial charge is 0.329 e. The molecule has 5 N–H and O–H groups in total. The van der Waals surface area contributed by atoms with E-state index in [0.717, 1.165) is 13.1 Å². The molecule has 0 aromatic rings. The molecule has 0 amide bonds. The summed E-state index contributed by atoms with van der Waals surface area (Å²) in [4.78, 5) is 0. The maximum atomic E-state index is 5.77. The van der Waals surface area contributed by atoms with Gasteiger partial charge in [0, 0.05) is 25.2 Å². The van der Waals surface area contributed by atoms with Crippen molar-refractivity contribution in [1.29, 1.82) is 0 Å². The zero-order valence-electron chi connectivity index (χ0n) is 7.05. The van der Waals surface area contributed by atoms with Crippen LogP contribution in [0.1, 0.15) is 25.7 Å². The molecule has 0 heterocycles. The molecule has 0 saturated heterocycles. The van der Waals surface area contributed by atoms with Crippen molar-refractivity contribution in [3.63, 3.8) is 0 Å². The normalized spacial score (nSPS) is 32.2. The van der Waals surface area contributed by atoms with E-state index in [1.54, 1.807) is 0 Å². The topological polar surface area (TPSA) is 64.1 Å². The Bertz CT molecular complexity index is 94.8. The highest BCUT2D eigenvalue weighted by molar-refractivity contribution is 4.78. The second-order valence-corrected chi connectivity index (χ2v) is 3.35. The summed E-state index contributed by atoms with van der Waals surface area (Å²) < 4.78 is 0. The minimum Gasteiger partial charge on any atom is -0.329 e. The SMILES string of the molecule is NCCNC1CCC(N)CC1. The van der Waals surface area contributed by atoms with Gasteiger partial charge in [-0.1, -0.05) is 0 Å². The van der Waals surface area contributed by atoms with Crippen LogP contribution in [-0.4, -0.2) is 25.2 Å². The summed E-state index contributed by atoms with van der Waals surface area (Å²) >= 11 is 0. The third-order valence-corrected chi connectivity index (χ3v) is 2.35. The van der Waals surface area contributed by atoms with Gasteiger partial charge in [-0.2, -0.15) is 0 Å². The van der Waals surface area contributed by atoms with Crippen molar-refractivity contribution >= 4 is 0 Å². The minimum atomic E-state index is 0.450. The van der Waals surface area contributed by atoms with E-state index in [1.807, 2.05) is 0 Å². The summed E-state index contributed by atoms with van der Waals surface area (Å²) in [5.41, 5.74) is 11.2. The first kappa shape index (κ1) is 8.97. The number of hydrogen-bond acceptors (Lipinski definition) is 3. The van der Waals surface area contributed by atoms with Crippen LogP contribution in [-0.2, 0) is 0 Å². The van der Waals surface area contributed by atoms with E-state index in [0.29, 0.717) is 12.1 Å². The lowest BCUT2D eigenvalue weighted by Gasteiger charge is -2.26. The van der Waals surface area contributed by atoms with Crippen molar-refractivity contribution in [3.05, 3.63) is 0 Å². The summed E-state index contributed by atoms with van der Waals surface area (Å²) in [6, 6.07) is 1.13. The van der Waals surface area contributed by atoms with Gasteiger partial charge in [-0.05, 0) is 25.7 Å². The highest BCUT2D eigenvalue weighted by atomic mass is 14.9. The molecule has 0 aliphatic heterocycles. The molecule has 1 aliphatic carbocycles. The maximum Gasteiger partial charge on any atom is 0.00770 e. The Labute approximate surface area is 68.5 Å². The Morgan fingerprint density at radius 3 is 2.36 bits per heavy atom. The molecule has 0 aromatic heterocycles. The molecule has 3 heteroatoms. The lowest BCUT2D eigenvalue weighted by atomic mass is 9.92. The van der Waals surface area contributed by atoms with E-state index >= 15 is 0 Å². The summed E-state index contributed by atoms with van der Waals surface area (Å²) in [7, 11) is 0. The van der Waals surface area contributed by atoms with Crippen molar-refractivity contribution in [1.82, 2.24) is 5.32 Å². The van der Waals surface area contributed by atoms with Crippen LogP contribution in [0.15, 0.2) is 0 Å². The van der Waals surface area contributed by atoms with Gasteiger partial charge in [0.05, 0.1) is 0 Å². The van der Waals surface area contributed by atoms with Gasteiger partial charge in [-0.3, -0.25) is 0 Å². The van der Waals surface area contributed by atoms with Crippen LogP contribution in [0.3, 0.4) is 0 Å². The molecule has 0 unspecified atom stereocenters. The first-order valence-electron chi connectivity index (χ1n) is 4.52. The third-order valence-electron chi connectivity index (χ3n) is 2.35. The average molecular weight is 157 g/mol. The predicted molar refractivity (Wildman–Crippen MR) is 47.3 cm³/mol. The Morgan fingerprint density at radius 1 is 1.18 bits per heavy atom. The van der Waals surface area contributed by atoms with Gasteiger partial charge in [0.15, 0.2) is 0 Å². The Balaban J connectivity index is 2.07. The van der Waals surface area contributed by atoms with E-state index in [9.17, 15) is 0 Å². The van der Waals surface area contributed by atoms with Gasteiger partial charge in [0.1, 0.15) is 0 Å². The van der Waals surface area contributed by atoms with E-state index in [2.05, 4.69) is 5.32 Å². The van der Waals surface area contributed by atoms with Gasteiger partial charge in [-0.25, -0.2) is 0 Å². The van der Waals surface area contributed by atoms with Crippen molar-refractivity contribution in [2.24, 2.45) is 11.5 Å². The molecule has 0 radical (unpaired) electrons.